The second-order valence-electron chi connectivity index (χ2n) is 3.72. The Morgan fingerprint density at radius 3 is 1.67 bits per heavy atom. The van der Waals surface area contributed by atoms with Crippen LogP contribution in [-0.2, 0) is 9.53 Å². The van der Waals surface area contributed by atoms with Gasteiger partial charge in [-0.05, 0) is 41.4 Å². The Kier molecular flexibility index (Phi) is 8.27. The van der Waals surface area contributed by atoms with Crippen LogP contribution in [0, 0.1) is 0 Å². The van der Waals surface area contributed by atoms with Crippen molar-refractivity contribution in [1.29, 1.82) is 0 Å². The van der Waals surface area contributed by atoms with Gasteiger partial charge in [-0.25, -0.2) is 0 Å². The predicted molar refractivity (Wildman–Crippen MR) is 51.1 cm³/mol. The fraction of sp³-hybridized carbons (Fsp3) is 0.889. The maximum absolute atomic E-state index is 9.60. The van der Waals surface area contributed by atoms with Crippen molar-refractivity contribution in [3.63, 3.8) is 0 Å². The largest absolute Gasteiger partial charge is 0.462 e. The normalized spacial score (nSPS) is 10.2. The Morgan fingerprint density at radius 1 is 1.33 bits per heavy atom. The highest BCUT2D eigenvalue weighted by atomic mass is 16.5. The van der Waals surface area contributed by atoms with Gasteiger partial charge >= 0.3 is 0 Å². The van der Waals surface area contributed by atoms with Crippen LogP contribution in [0.25, 0.3) is 0 Å². The molecule has 0 amide bonds. The first-order valence-corrected chi connectivity index (χ1v) is 4.09. The van der Waals surface area contributed by atoms with Crippen molar-refractivity contribution < 1.29 is 9.53 Å². The van der Waals surface area contributed by atoms with Crippen LogP contribution in [0.2, 0.25) is 0 Å². The van der Waals surface area contributed by atoms with Crippen LogP contribution in [0.3, 0.4) is 0 Å². The van der Waals surface area contributed by atoms with Crippen LogP contribution >= 0.6 is 0 Å². The van der Waals surface area contributed by atoms with Gasteiger partial charge < -0.3 is 9.64 Å². The Bertz CT molecular complexity index is 106. The molecule has 0 aromatic heterocycles. The number of carbonyl (C=O) groups excluding carboxylic acids is 1. The number of hydrogen-bond acceptors (Lipinski definition) is 3. The molecule has 3 nitrogen and oxygen atoms in total. The molecular formula is C9H21NO2. The topological polar surface area (TPSA) is 29.5 Å². The summed E-state index contributed by atoms with van der Waals surface area (Å²) in [4.78, 5) is 11.7. The van der Waals surface area contributed by atoms with E-state index >= 15 is 0 Å². The highest BCUT2D eigenvalue weighted by Crippen LogP contribution is 2.02. The summed E-state index contributed by atoms with van der Waals surface area (Å²) >= 11 is 0. The number of nitrogens with zero attached hydrogens (tertiary/aromatic N) is 1. The van der Waals surface area contributed by atoms with E-state index in [1.807, 2.05) is 20.8 Å². The first-order valence-electron chi connectivity index (χ1n) is 4.09. The minimum absolute atomic E-state index is 0.318. The van der Waals surface area contributed by atoms with E-state index in [1.165, 1.54) is 0 Å². The van der Waals surface area contributed by atoms with E-state index in [0.717, 1.165) is 6.54 Å². The lowest BCUT2D eigenvalue weighted by Gasteiger charge is -2.14. The number of rotatable bonds is 2. The molecule has 0 unspecified atom stereocenters. The van der Waals surface area contributed by atoms with Gasteiger partial charge in [-0.2, -0.15) is 0 Å². The van der Waals surface area contributed by atoms with Gasteiger partial charge in [0.2, 0.25) is 0 Å². The van der Waals surface area contributed by atoms with Crippen molar-refractivity contribution in [2.24, 2.45) is 0 Å². The Balaban J connectivity index is 0. The first kappa shape index (κ1) is 14.0. The zero-order valence-electron chi connectivity index (χ0n) is 9.05. The van der Waals surface area contributed by atoms with Gasteiger partial charge in [0.1, 0.15) is 5.60 Å². The van der Waals surface area contributed by atoms with E-state index in [-0.39, 0.29) is 5.60 Å². The van der Waals surface area contributed by atoms with Crippen LogP contribution in [-0.4, -0.2) is 37.6 Å². The molecular weight excluding hydrogens is 154 g/mol. The molecule has 0 aromatic rings. The van der Waals surface area contributed by atoms with E-state index in [1.54, 1.807) is 0 Å². The molecule has 0 bridgehead atoms. The van der Waals surface area contributed by atoms with Crippen LogP contribution in [0.5, 0.6) is 0 Å². The Labute approximate surface area is 75.7 Å². The quantitative estimate of drug-likeness (QED) is 0.596. The van der Waals surface area contributed by atoms with Gasteiger partial charge in [0.15, 0.2) is 0 Å². The van der Waals surface area contributed by atoms with Crippen molar-refractivity contribution in [3.8, 4) is 0 Å². The summed E-state index contributed by atoms with van der Waals surface area (Å²) in [7, 11) is 4.11. The van der Waals surface area contributed by atoms with E-state index in [2.05, 4.69) is 30.7 Å². The molecule has 0 aliphatic heterocycles. The van der Waals surface area contributed by atoms with Crippen LogP contribution < -0.4 is 0 Å². The molecule has 0 aliphatic carbocycles. The first-order chi connectivity index (χ1) is 5.33. The maximum Gasteiger partial charge on any atom is 0.293 e. The van der Waals surface area contributed by atoms with Crippen molar-refractivity contribution in [2.75, 3.05) is 20.6 Å². The molecule has 0 rings (SSSR count). The molecule has 0 radical (unpaired) electrons. The Hall–Kier alpha value is -0.570. The van der Waals surface area contributed by atoms with E-state index in [9.17, 15) is 4.79 Å². The fourth-order valence-corrected chi connectivity index (χ4v) is 0.144. The monoisotopic (exact) mass is 175 g/mol. The smallest absolute Gasteiger partial charge is 0.293 e. The average Bonchev–Trinajstić information content (AvgIpc) is 1.86. The van der Waals surface area contributed by atoms with E-state index in [4.69, 9.17) is 0 Å². The molecule has 0 atom stereocenters. The molecule has 74 valence electrons. The van der Waals surface area contributed by atoms with Crippen LogP contribution in [0.15, 0.2) is 0 Å². The zero-order valence-corrected chi connectivity index (χ0v) is 9.05. The number of carbonyl (C=O) groups is 1. The van der Waals surface area contributed by atoms with Gasteiger partial charge in [0.25, 0.3) is 6.47 Å². The summed E-state index contributed by atoms with van der Waals surface area (Å²) in [5, 5.41) is 0. The summed E-state index contributed by atoms with van der Waals surface area (Å²) < 4.78 is 4.55. The summed E-state index contributed by atoms with van der Waals surface area (Å²) in [5.74, 6) is 0. The Morgan fingerprint density at radius 2 is 1.67 bits per heavy atom. The van der Waals surface area contributed by atoms with E-state index in [0.29, 0.717) is 6.47 Å². The van der Waals surface area contributed by atoms with Crippen molar-refractivity contribution in [2.45, 2.75) is 33.3 Å². The van der Waals surface area contributed by atoms with Crippen LogP contribution in [0.4, 0.5) is 0 Å². The maximum atomic E-state index is 9.60. The average molecular weight is 175 g/mol. The van der Waals surface area contributed by atoms with E-state index < -0.39 is 0 Å². The summed E-state index contributed by atoms with van der Waals surface area (Å²) in [6.45, 7) is 9.18. The second kappa shape index (κ2) is 7.10. The van der Waals surface area contributed by atoms with Gasteiger partial charge in [-0.3, -0.25) is 4.79 Å². The molecule has 0 fully saturated rings. The third-order valence-corrected chi connectivity index (χ3v) is 1.03. The summed E-state index contributed by atoms with van der Waals surface area (Å²) in [6.07, 6.45) is 0. The standard InChI is InChI=1S/C5H10O2.C4H11N/c1-5(2,3)7-4-6;1-4-5(2)3/h4H,1-3H3;4H2,1-3H3. The third-order valence-electron chi connectivity index (χ3n) is 1.03. The minimum Gasteiger partial charge on any atom is -0.462 e. The lowest BCUT2D eigenvalue weighted by molar-refractivity contribution is -0.138. The minimum atomic E-state index is -0.318. The van der Waals surface area contributed by atoms with Crippen molar-refractivity contribution >= 4 is 6.47 Å². The summed E-state index contributed by atoms with van der Waals surface area (Å²) in [6, 6.07) is 0. The van der Waals surface area contributed by atoms with Crippen molar-refractivity contribution in [3.05, 3.63) is 0 Å². The summed E-state index contributed by atoms with van der Waals surface area (Å²) in [5.41, 5.74) is -0.318. The van der Waals surface area contributed by atoms with Gasteiger partial charge in [-0.1, -0.05) is 6.92 Å². The van der Waals surface area contributed by atoms with Gasteiger partial charge in [0, 0.05) is 0 Å². The highest BCUT2D eigenvalue weighted by Gasteiger charge is 2.07. The molecule has 0 aliphatic rings. The SMILES string of the molecule is CC(C)(C)OC=O.CCN(C)C. The molecule has 12 heavy (non-hydrogen) atoms. The second-order valence-corrected chi connectivity index (χ2v) is 3.72. The number of ether oxygens (including phenoxy) is 1. The predicted octanol–water partition coefficient (Wildman–Crippen LogP) is 1.53. The molecule has 3 heteroatoms. The van der Waals surface area contributed by atoms with Crippen LogP contribution in [0.1, 0.15) is 27.7 Å². The fourth-order valence-electron chi connectivity index (χ4n) is 0.144. The molecule has 0 aromatic carbocycles. The number of hydrogen-bond donors (Lipinski definition) is 0. The van der Waals surface area contributed by atoms with Gasteiger partial charge in [0.05, 0.1) is 0 Å². The molecule has 0 N–H and O–H groups in total. The molecule has 0 spiro atoms. The van der Waals surface area contributed by atoms with Gasteiger partial charge in [-0.15, -0.1) is 0 Å². The molecule has 0 saturated carbocycles. The highest BCUT2D eigenvalue weighted by molar-refractivity contribution is 5.37. The molecule has 0 saturated heterocycles. The lowest BCUT2D eigenvalue weighted by Crippen LogP contribution is -2.17. The zero-order chi connectivity index (χ0) is 10.2. The lowest BCUT2D eigenvalue weighted by atomic mass is 10.2. The molecule has 0 heterocycles. The van der Waals surface area contributed by atoms with Crippen molar-refractivity contribution in [1.82, 2.24) is 4.90 Å². The third kappa shape index (κ3) is 22.7.